The molecule has 1 aliphatic carbocycles. The highest BCUT2D eigenvalue weighted by Crippen LogP contribution is 2.31. The fourth-order valence-electron chi connectivity index (χ4n) is 3.51. The van der Waals surface area contributed by atoms with Crippen molar-refractivity contribution in [2.45, 2.75) is 12.3 Å². The Labute approximate surface area is 142 Å². The Kier molecular flexibility index (Phi) is 3.92. The van der Waals surface area contributed by atoms with E-state index in [1.165, 1.54) is 27.1 Å². The summed E-state index contributed by atoms with van der Waals surface area (Å²) in [6.45, 7) is 0. The molecule has 1 aliphatic rings. The molecule has 24 heavy (non-hydrogen) atoms. The molecule has 1 atom stereocenters. The molecule has 1 unspecified atom stereocenters. The Balaban J connectivity index is 1.78. The molecule has 0 N–H and O–H groups in total. The molecule has 0 bridgehead atoms. The van der Waals surface area contributed by atoms with E-state index in [2.05, 4.69) is 72.8 Å². The first kappa shape index (κ1) is 14.8. The molecule has 118 valence electrons. The van der Waals surface area contributed by atoms with Gasteiger partial charge in [-0.15, -0.1) is 0 Å². The summed E-state index contributed by atoms with van der Waals surface area (Å²) >= 11 is 0. The molecule has 0 heterocycles. The number of hydrogen-bond acceptors (Lipinski definition) is 1. The van der Waals surface area contributed by atoms with E-state index in [9.17, 15) is 0 Å². The first-order chi connectivity index (χ1) is 11.8. The summed E-state index contributed by atoms with van der Waals surface area (Å²) in [6.07, 6.45) is 3.35. The summed E-state index contributed by atoms with van der Waals surface area (Å²) in [7, 11) is 1.71. The van der Waals surface area contributed by atoms with E-state index in [-0.39, 0.29) is 0 Å². The molecule has 4 rings (SSSR count). The van der Waals surface area contributed by atoms with Crippen molar-refractivity contribution in [1.29, 1.82) is 0 Å². The number of hydrogen-bond donors (Lipinski definition) is 0. The molecule has 0 fully saturated rings. The van der Waals surface area contributed by atoms with E-state index in [1.807, 2.05) is 12.1 Å². The van der Waals surface area contributed by atoms with Gasteiger partial charge in [0.25, 0.3) is 0 Å². The van der Waals surface area contributed by atoms with Gasteiger partial charge in [0.1, 0.15) is 5.75 Å². The average Bonchev–Trinajstić information content (AvgIpc) is 3.02. The van der Waals surface area contributed by atoms with E-state index in [0.717, 1.165) is 12.2 Å². The molecule has 0 saturated heterocycles. The third-order valence-electron chi connectivity index (χ3n) is 4.74. The molecule has 3 aromatic carbocycles. The van der Waals surface area contributed by atoms with Crippen molar-refractivity contribution in [3.05, 3.63) is 100 Å². The molecule has 0 saturated carbocycles. The second-order valence-electron chi connectivity index (χ2n) is 6.19. The van der Waals surface area contributed by atoms with Crippen molar-refractivity contribution in [3.8, 4) is 5.75 Å². The van der Waals surface area contributed by atoms with E-state index >= 15 is 0 Å². The summed E-state index contributed by atoms with van der Waals surface area (Å²) in [5, 5.41) is 2.72. The lowest BCUT2D eigenvalue weighted by molar-refractivity contribution is 0.414. The minimum atomic E-state index is 0.353. The Bertz CT molecular complexity index is 953. The summed E-state index contributed by atoms with van der Waals surface area (Å²) in [4.78, 5) is 0. The number of rotatable bonds is 4. The van der Waals surface area contributed by atoms with Gasteiger partial charge in [0.15, 0.2) is 0 Å². The maximum atomic E-state index is 5.27. The highest BCUT2D eigenvalue weighted by Gasteiger charge is 2.19. The van der Waals surface area contributed by atoms with Gasteiger partial charge in [0, 0.05) is 5.92 Å². The topological polar surface area (TPSA) is 9.23 Å². The zero-order chi connectivity index (χ0) is 16.4. The highest BCUT2D eigenvalue weighted by molar-refractivity contribution is 5.71. The van der Waals surface area contributed by atoms with Crippen LogP contribution in [0.2, 0.25) is 0 Å². The molecule has 0 spiro atoms. The second kappa shape index (κ2) is 6.37. The van der Waals surface area contributed by atoms with E-state index in [4.69, 9.17) is 4.74 Å². The van der Waals surface area contributed by atoms with Gasteiger partial charge in [-0.3, -0.25) is 0 Å². The summed E-state index contributed by atoms with van der Waals surface area (Å²) in [5.74, 6) is 1.26. The minimum Gasteiger partial charge on any atom is -0.497 e. The molecule has 0 radical (unpaired) electrons. The van der Waals surface area contributed by atoms with Gasteiger partial charge < -0.3 is 4.74 Å². The molecule has 0 aliphatic heterocycles. The van der Waals surface area contributed by atoms with Crippen LogP contribution >= 0.6 is 0 Å². The highest BCUT2D eigenvalue weighted by atomic mass is 16.5. The lowest BCUT2D eigenvalue weighted by atomic mass is 9.89. The molecule has 0 aromatic heterocycles. The van der Waals surface area contributed by atoms with Crippen LogP contribution in [0.4, 0.5) is 0 Å². The monoisotopic (exact) mass is 312 g/mol. The van der Waals surface area contributed by atoms with Crippen molar-refractivity contribution in [2.24, 2.45) is 0 Å². The average molecular weight is 312 g/mol. The second-order valence-corrected chi connectivity index (χ2v) is 6.19. The van der Waals surface area contributed by atoms with Gasteiger partial charge in [-0.2, -0.15) is 0 Å². The van der Waals surface area contributed by atoms with Gasteiger partial charge in [0.2, 0.25) is 0 Å². The summed E-state index contributed by atoms with van der Waals surface area (Å²) < 4.78 is 5.27. The third kappa shape index (κ3) is 2.74. The quantitative estimate of drug-likeness (QED) is 0.714. The maximum Gasteiger partial charge on any atom is 0.118 e. The summed E-state index contributed by atoms with van der Waals surface area (Å²) in [5.41, 5.74) is 4.15. The van der Waals surface area contributed by atoms with Crippen LogP contribution in [0, 0.1) is 0 Å². The van der Waals surface area contributed by atoms with Crippen LogP contribution in [0.3, 0.4) is 0 Å². The van der Waals surface area contributed by atoms with Crippen LogP contribution in [-0.2, 0) is 6.42 Å². The fourth-order valence-corrected chi connectivity index (χ4v) is 3.51. The van der Waals surface area contributed by atoms with Crippen LogP contribution in [0.15, 0.2) is 78.9 Å². The predicted molar refractivity (Wildman–Crippen MR) is 99.4 cm³/mol. The maximum absolute atomic E-state index is 5.27. The standard InChI is InChI=1S/C23H20O/c1-24-20-13-11-17(12-14-20)15-23-21-10-6-5-9-19(21)16-22(23)18-7-3-2-4-8-18/h2-14,16,22H,15H2,1H3. The Morgan fingerprint density at radius 2 is 1.50 bits per heavy atom. The number of methoxy groups -OCH3 is 1. The van der Waals surface area contributed by atoms with Gasteiger partial charge >= 0.3 is 0 Å². The lowest BCUT2D eigenvalue weighted by Crippen LogP contribution is -2.22. The largest absolute Gasteiger partial charge is 0.497 e. The van der Waals surface area contributed by atoms with Gasteiger partial charge in [0.05, 0.1) is 7.11 Å². The number of ether oxygens (including phenoxy) is 1. The van der Waals surface area contributed by atoms with Crippen molar-refractivity contribution in [1.82, 2.24) is 0 Å². The van der Waals surface area contributed by atoms with Crippen molar-refractivity contribution in [3.63, 3.8) is 0 Å². The van der Waals surface area contributed by atoms with Gasteiger partial charge in [-0.1, -0.05) is 72.8 Å². The van der Waals surface area contributed by atoms with E-state index < -0.39 is 0 Å². The predicted octanol–water partition coefficient (Wildman–Crippen LogP) is 3.67. The SMILES string of the molecule is COc1ccc(CC2=c3ccccc3=CC2c2ccccc2)cc1. The fraction of sp³-hybridized carbons (Fsp3) is 0.130. The third-order valence-corrected chi connectivity index (χ3v) is 4.74. The van der Waals surface area contributed by atoms with Gasteiger partial charge in [-0.05, 0) is 45.7 Å². The Morgan fingerprint density at radius 3 is 2.25 bits per heavy atom. The van der Waals surface area contributed by atoms with Crippen LogP contribution in [0.5, 0.6) is 5.75 Å². The van der Waals surface area contributed by atoms with Crippen LogP contribution in [-0.4, -0.2) is 7.11 Å². The zero-order valence-electron chi connectivity index (χ0n) is 13.8. The van der Waals surface area contributed by atoms with Crippen molar-refractivity contribution < 1.29 is 4.74 Å². The molecule has 1 nitrogen and oxygen atoms in total. The first-order valence-electron chi connectivity index (χ1n) is 8.33. The molecule has 0 amide bonds. The van der Waals surface area contributed by atoms with Crippen LogP contribution in [0.1, 0.15) is 17.0 Å². The van der Waals surface area contributed by atoms with Crippen LogP contribution in [0.25, 0.3) is 11.6 Å². The Morgan fingerprint density at radius 1 is 0.792 bits per heavy atom. The minimum absolute atomic E-state index is 0.353. The first-order valence-corrected chi connectivity index (χ1v) is 8.33. The zero-order valence-corrected chi connectivity index (χ0v) is 13.8. The van der Waals surface area contributed by atoms with Gasteiger partial charge in [-0.25, -0.2) is 0 Å². The van der Waals surface area contributed by atoms with E-state index in [1.54, 1.807) is 7.11 Å². The lowest BCUT2D eigenvalue weighted by Gasteiger charge is -2.15. The summed E-state index contributed by atoms with van der Waals surface area (Å²) in [6, 6.07) is 27.9. The van der Waals surface area contributed by atoms with E-state index in [0.29, 0.717) is 5.92 Å². The van der Waals surface area contributed by atoms with Crippen LogP contribution < -0.4 is 15.2 Å². The molecule has 3 aromatic rings. The molecular formula is C23H20O. The van der Waals surface area contributed by atoms with Crippen molar-refractivity contribution in [2.75, 3.05) is 7.11 Å². The molecular weight excluding hydrogens is 292 g/mol. The number of benzene rings is 3. The van der Waals surface area contributed by atoms with Crippen molar-refractivity contribution >= 4 is 11.6 Å². The normalized spacial score (nSPS) is 15.7. The smallest absolute Gasteiger partial charge is 0.118 e. The number of fused-ring (bicyclic) bond motifs is 1. The molecule has 1 heteroatoms. The Hall–Kier alpha value is -2.80.